The number of amides is 1. The molecule has 1 aromatic heterocycles. The van der Waals surface area contributed by atoms with E-state index >= 15 is 0 Å². The van der Waals surface area contributed by atoms with Crippen LogP contribution in [0.2, 0.25) is 5.02 Å². The summed E-state index contributed by atoms with van der Waals surface area (Å²) in [5.74, 6) is 0.896. The van der Waals surface area contributed by atoms with Gasteiger partial charge in [-0.25, -0.2) is 18.1 Å². The highest BCUT2D eigenvalue weighted by Gasteiger charge is 2.43. The van der Waals surface area contributed by atoms with E-state index in [4.69, 9.17) is 21.1 Å². The quantitative estimate of drug-likeness (QED) is 0.386. The van der Waals surface area contributed by atoms with Gasteiger partial charge in [-0.1, -0.05) is 17.7 Å². The van der Waals surface area contributed by atoms with Crippen molar-refractivity contribution in [1.82, 2.24) is 9.71 Å². The summed E-state index contributed by atoms with van der Waals surface area (Å²) >= 11 is 7.76. The molecule has 1 N–H and O–H groups in total. The largest absolute Gasteiger partial charge is 0.490 e. The molecule has 216 valence electrons. The number of halogens is 1. The van der Waals surface area contributed by atoms with Crippen LogP contribution in [0.15, 0.2) is 47.5 Å². The Labute approximate surface area is 249 Å². The Hall–Kier alpha value is -2.66. The van der Waals surface area contributed by atoms with Gasteiger partial charge in [0.2, 0.25) is 5.91 Å². The second kappa shape index (κ2) is 10.6. The van der Waals surface area contributed by atoms with Crippen LogP contribution in [0.3, 0.4) is 0 Å². The maximum Gasteiger partial charge on any atom is 0.264 e. The van der Waals surface area contributed by atoms with Crippen molar-refractivity contribution in [2.75, 3.05) is 31.2 Å². The number of rotatable bonds is 0. The highest BCUT2D eigenvalue weighted by Crippen LogP contribution is 2.46. The third-order valence-electron chi connectivity index (χ3n) is 9.09. The van der Waals surface area contributed by atoms with E-state index in [2.05, 4.69) is 26.7 Å². The van der Waals surface area contributed by atoms with Gasteiger partial charge >= 0.3 is 0 Å². The fourth-order valence-electron chi connectivity index (χ4n) is 6.84. The summed E-state index contributed by atoms with van der Waals surface area (Å²) in [5, 5.41) is 1.53. The Morgan fingerprint density at radius 2 is 2.02 bits per heavy atom. The first-order valence-electron chi connectivity index (χ1n) is 14.2. The molecule has 1 saturated carbocycles. The van der Waals surface area contributed by atoms with Gasteiger partial charge in [0.15, 0.2) is 0 Å². The number of fused-ring (bicyclic) bond motifs is 6. The van der Waals surface area contributed by atoms with Gasteiger partial charge in [-0.15, -0.1) is 11.3 Å². The SMILES string of the molecule is O=C1Cc2cnc(s2)COC[C@@H]2CC[C@H]2CN2C[C@@]3(CCCc4cc(Cl)ccc43)COc3ccc(cc32)S(=O)(=O)N1. The molecule has 3 atom stereocenters. The van der Waals surface area contributed by atoms with Gasteiger partial charge in [-0.05, 0) is 85.4 Å². The number of sulfonamides is 1. The number of carbonyl (C=O) groups excluding carboxylic acids is 1. The first kappa shape index (κ1) is 27.2. The van der Waals surface area contributed by atoms with Crippen LogP contribution >= 0.6 is 22.9 Å². The number of ether oxygens (including phenoxy) is 2. The molecule has 11 heteroatoms. The Balaban J connectivity index is 1.28. The normalized spacial score (nSPS) is 27.3. The average molecular weight is 614 g/mol. The molecule has 3 heterocycles. The third-order valence-corrected chi connectivity index (χ3v) is 11.7. The lowest BCUT2D eigenvalue weighted by Gasteiger charge is -2.44. The number of aromatic nitrogens is 1. The van der Waals surface area contributed by atoms with Gasteiger partial charge in [0.05, 0.1) is 36.8 Å². The summed E-state index contributed by atoms with van der Waals surface area (Å²) in [6.07, 6.45) is 6.74. The summed E-state index contributed by atoms with van der Waals surface area (Å²) in [5.41, 5.74) is 3.03. The van der Waals surface area contributed by atoms with Crippen LogP contribution in [-0.2, 0) is 44.4 Å². The number of benzene rings is 2. The number of anilines is 1. The fraction of sp³-hybridized carbons (Fsp3) is 0.467. The van der Waals surface area contributed by atoms with Crippen molar-refractivity contribution in [3.05, 3.63) is 68.6 Å². The Kier molecular flexibility index (Phi) is 7.00. The molecule has 7 rings (SSSR count). The highest BCUT2D eigenvalue weighted by atomic mass is 35.5. The minimum absolute atomic E-state index is 0.0489. The lowest BCUT2D eigenvalue weighted by Crippen LogP contribution is -2.48. The molecule has 1 amide bonds. The Bertz CT molecular complexity index is 1610. The van der Waals surface area contributed by atoms with E-state index in [1.54, 1.807) is 18.3 Å². The molecule has 1 spiro atoms. The number of nitrogens with one attached hydrogen (secondary N) is 1. The lowest BCUT2D eigenvalue weighted by molar-refractivity contribution is -0.118. The standard InChI is InChI=1S/C30H32ClN3O5S2/c31-22-5-7-25-19(10-22)2-1-9-30(25)17-34-14-20-3-4-21(20)15-38-16-29-32-13-23(40-29)11-28(35)33-41(36,37)24-6-8-27(39-18-30)26(34)12-24/h5-8,10,12-13,20-21H,1-4,9,11,14-18H2,(H,33,35)/t20-,21-,30-/m0/s1. The molecule has 0 unspecified atom stereocenters. The summed E-state index contributed by atoms with van der Waals surface area (Å²) < 4.78 is 41.6. The van der Waals surface area contributed by atoms with E-state index in [1.807, 2.05) is 6.07 Å². The molecule has 1 fully saturated rings. The van der Waals surface area contributed by atoms with E-state index in [1.165, 1.54) is 28.5 Å². The van der Waals surface area contributed by atoms with Gasteiger partial charge in [0.1, 0.15) is 10.8 Å². The molecule has 0 radical (unpaired) electrons. The van der Waals surface area contributed by atoms with E-state index < -0.39 is 15.9 Å². The van der Waals surface area contributed by atoms with Crippen LogP contribution < -0.4 is 14.4 Å². The zero-order chi connectivity index (χ0) is 28.2. The van der Waals surface area contributed by atoms with Crippen molar-refractivity contribution in [2.24, 2.45) is 11.8 Å². The van der Waals surface area contributed by atoms with Crippen LogP contribution in [0.1, 0.15) is 46.7 Å². The lowest BCUT2D eigenvalue weighted by atomic mass is 9.69. The summed E-state index contributed by atoms with van der Waals surface area (Å²) in [6, 6.07) is 11.1. The van der Waals surface area contributed by atoms with Crippen molar-refractivity contribution in [3.8, 4) is 5.75 Å². The summed E-state index contributed by atoms with van der Waals surface area (Å²) in [7, 11) is -4.09. The van der Waals surface area contributed by atoms with Crippen molar-refractivity contribution in [2.45, 2.75) is 55.4 Å². The fourth-order valence-corrected chi connectivity index (χ4v) is 8.90. The smallest absolute Gasteiger partial charge is 0.264 e. The third kappa shape index (κ3) is 5.24. The maximum atomic E-state index is 13.4. The van der Waals surface area contributed by atoms with Crippen molar-refractivity contribution in [1.29, 1.82) is 0 Å². The Morgan fingerprint density at radius 1 is 1.15 bits per heavy atom. The van der Waals surface area contributed by atoms with Crippen LogP contribution in [0.25, 0.3) is 0 Å². The van der Waals surface area contributed by atoms with Gasteiger partial charge in [0, 0.05) is 34.6 Å². The molecule has 2 aliphatic carbocycles. The minimum atomic E-state index is -4.09. The van der Waals surface area contributed by atoms with E-state index in [0.717, 1.165) is 54.4 Å². The molecule has 4 aliphatic rings. The number of carbonyl (C=O) groups is 1. The van der Waals surface area contributed by atoms with Gasteiger partial charge in [-0.2, -0.15) is 0 Å². The van der Waals surface area contributed by atoms with Crippen LogP contribution in [0, 0.1) is 11.8 Å². The summed E-state index contributed by atoms with van der Waals surface area (Å²) in [6.45, 7) is 3.01. The zero-order valence-electron chi connectivity index (χ0n) is 22.6. The Morgan fingerprint density at radius 3 is 2.88 bits per heavy atom. The first-order chi connectivity index (χ1) is 19.8. The number of nitrogens with zero attached hydrogens (tertiary/aromatic N) is 2. The second-order valence-electron chi connectivity index (χ2n) is 11.8. The molecule has 3 aromatic rings. The van der Waals surface area contributed by atoms with Gasteiger partial charge < -0.3 is 14.4 Å². The highest BCUT2D eigenvalue weighted by molar-refractivity contribution is 7.90. The van der Waals surface area contributed by atoms with E-state index in [9.17, 15) is 13.2 Å². The molecule has 0 saturated heterocycles. The number of thiazole rings is 1. The van der Waals surface area contributed by atoms with Crippen LogP contribution in [0.5, 0.6) is 5.75 Å². The minimum Gasteiger partial charge on any atom is -0.490 e. The topological polar surface area (TPSA) is 97.8 Å². The molecule has 41 heavy (non-hydrogen) atoms. The maximum absolute atomic E-state index is 13.4. The monoisotopic (exact) mass is 613 g/mol. The average Bonchev–Trinajstić information content (AvgIpc) is 3.30. The number of hydrogen-bond acceptors (Lipinski definition) is 8. The van der Waals surface area contributed by atoms with Crippen LogP contribution in [-0.4, -0.2) is 45.6 Å². The first-order valence-corrected chi connectivity index (χ1v) is 16.8. The van der Waals surface area contributed by atoms with Gasteiger partial charge in [0.25, 0.3) is 10.0 Å². The predicted molar refractivity (Wildman–Crippen MR) is 157 cm³/mol. The predicted octanol–water partition coefficient (Wildman–Crippen LogP) is 4.87. The molecule has 2 aliphatic heterocycles. The second-order valence-corrected chi connectivity index (χ2v) is 15.1. The van der Waals surface area contributed by atoms with Crippen LogP contribution in [0.4, 0.5) is 5.69 Å². The van der Waals surface area contributed by atoms with E-state index in [-0.39, 0.29) is 16.7 Å². The molecule has 2 aromatic carbocycles. The molecule has 4 bridgehead atoms. The molecular formula is C30H32ClN3O5S2. The van der Waals surface area contributed by atoms with Crippen molar-refractivity contribution in [3.63, 3.8) is 0 Å². The van der Waals surface area contributed by atoms with Crippen molar-refractivity contribution >= 4 is 44.6 Å². The summed E-state index contributed by atoms with van der Waals surface area (Å²) in [4.78, 5) is 20.2. The molecular weight excluding hydrogens is 582 g/mol. The van der Waals surface area contributed by atoms with E-state index in [0.29, 0.717) is 48.8 Å². The molecule has 8 nitrogen and oxygen atoms in total. The number of aryl methyl sites for hydroxylation is 1. The van der Waals surface area contributed by atoms with Gasteiger partial charge in [-0.3, -0.25) is 4.79 Å². The van der Waals surface area contributed by atoms with Crippen molar-refractivity contribution < 1.29 is 22.7 Å². The number of hydrogen-bond donors (Lipinski definition) is 1. The zero-order valence-corrected chi connectivity index (χ0v) is 25.0.